The first-order valence-electron chi connectivity index (χ1n) is 6.64. The van der Waals surface area contributed by atoms with E-state index in [0.717, 1.165) is 19.4 Å². The van der Waals surface area contributed by atoms with E-state index >= 15 is 0 Å². The van der Waals surface area contributed by atoms with E-state index in [1.54, 1.807) is 4.90 Å². The lowest BCUT2D eigenvalue weighted by molar-refractivity contribution is 0.188. The predicted molar refractivity (Wildman–Crippen MR) is 73.3 cm³/mol. The number of carbonyl (C=O) groups is 1. The predicted octanol–water partition coefficient (Wildman–Crippen LogP) is 2.16. The Morgan fingerprint density at radius 2 is 1.65 bits per heavy atom. The van der Waals surface area contributed by atoms with Gasteiger partial charge in [0.1, 0.15) is 0 Å². The molecule has 4 heteroatoms. The van der Waals surface area contributed by atoms with E-state index in [1.807, 2.05) is 7.05 Å². The average molecular weight is 243 g/mol. The third kappa shape index (κ3) is 5.91. The van der Waals surface area contributed by atoms with Gasteiger partial charge in [0, 0.05) is 32.2 Å². The summed E-state index contributed by atoms with van der Waals surface area (Å²) >= 11 is 0. The largest absolute Gasteiger partial charge is 0.337 e. The van der Waals surface area contributed by atoms with Crippen LogP contribution >= 0.6 is 0 Å². The Morgan fingerprint density at radius 3 is 2.12 bits per heavy atom. The van der Waals surface area contributed by atoms with Gasteiger partial charge in [0.15, 0.2) is 0 Å². The van der Waals surface area contributed by atoms with Gasteiger partial charge in [-0.2, -0.15) is 0 Å². The summed E-state index contributed by atoms with van der Waals surface area (Å²) in [7, 11) is 3.95. The van der Waals surface area contributed by atoms with Gasteiger partial charge >= 0.3 is 6.03 Å². The normalized spacial score (nSPS) is 14.5. The molecule has 0 radical (unpaired) electrons. The molecule has 2 amide bonds. The number of hydrogen-bond acceptors (Lipinski definition) is 2. The van der Waals surface area contributed by atoms with Crippen molar-refractivity contribution in [3.63, 3.8) is 0 Å². The molecule has 0 spiro atoms. The van der Waals surface area contributed by atoms with E-state index in [1.165, 1.54) is 0 Å². The summed E-state index contributed by atoms with van der Waals surface area (Å²) in [4.78, 5) is 15.8. The number of rotatable bonds is 7. The molecule has 0 unspecified atom stereocenters. The van der Waals surface area contributed by atoms with Gasteiger partial charge in [-0.05, 0) is 33.7 Å². The van der Waals surface area contributed by atoms with Crippen molar-refractivity contribution in [2.75, 3.05) is 27.2 Å². The van der Waals surface area contributed by atoms with Crippen molar-refractivity contribution < 1.29 is 4.79 Å². The molecule has 0 heterocycles. The van der Waals surface area contributed by atoms with Crippen LogP contribution < -0.4 is 5.32 Å². The van der Waals surface area contributed by atoms with Crippen LogP contribution in [0.25, 0.3) is 0 Å². The maximum absolute atomic E-state index is 11.8. The van der Waals surface area contributed by atoms with E-state index < -0.39 is 0 Å². The Morgan fingerprint density at radius 1 is 1.12 bits per heavy atom. The Balaban J connectivity index is 3.85. The zero-order valence-corrected chi connectivity index (χ0v) is 12.3. The molecule has 0 aliphatic carbocycles. The standard InChI is InChI=1S/C13H29N3O/c1-7-11(3)15(5)10-9-14-13(17)16(6)12(4)8-2/h11-12H,7-10H2,1-6H3,(H,14,17)/t11-,12+/m1/s1. The Hall–Kier alpha value is -0.770. The molecular weight excluding hydrogens is 214 g/mol. The van der Waals surface area contributed by atoms with Gasteiger partial charge in [-0.1, -0.05) is 13.8 Å². The van der Waals surface area contributed by atoms with Crippen molar-refractivity contribution in [1.29, 1.82) is 0 Å². The second-order valence-corrected chi connectivity index (χ2v) is 4.84. The van der Waals surface area contributed by atoms with Gasteiger partial charge < -0.3 is 15.1 Å². The molecule has 0 saturated heterocycles. The first-order chi connectivity index (χ1) is 7.93. The van der Waals surface area contributed by atoms with Crippen molar-refractivity contribution in [2.24, 2.45) is 0 Å². The van der Waals surface area contributed by atoms with Crippen molar-refractivity contribution >= 4 is 6.03 Å². The third-order valence-electron chi connectivity index (χ3n) is 3.66. The van der Waals surface area contributed by atoms with Crippen molar-refractivity contribution in [3.05, 3.63) is 0 Å². The van der Waals surface area contributed by atoms with Gasteiger partial charge in [0.25, 0.3) is 0 Å². The zero-order chi connectivity index (χ0) is 13.4. The minimum Gasteiger partial charge on any atom is -0.337 e. The highest BCUT2D eigenvalue weighted by molar-refractivity contribution is 5.74. The molecule has 0 bridgehead atoms. The van der Waals surface area contributed by atoms with Gasteiger partial charge in [0.2, 0.25) is 0 Å². The molecule has 2 atom stereocenters. The van der Waals surface area contributed by atoms with Gasteiger partial charge in [0.05, 0.1) is 0 Å². The molecule has 0 fully saturated rings. The summed E-state index contributed by atoms with van der Waals surface area (Å²) in [5.74, 6) is 0. The summed E-state index contributed by atoms with van der Waals surface area (Å²) in [6.07, 6.45) is 2.12. The summed E-state index contributed by atoms with van der Waals surface area (Å²) in [5, 5.41) is 2.95. The van der Waals surface area contributed by atoms with E-state index in [-0.39, 0.29) is 6.03 Å². The highest BCUT2D eigenvalue weighted by Gasteiger charge is 2.13. The fraction of sp³-hybridized carbons (Fsp3) is 0.923. The van der Waals surface area contributed by atoms with Crippen molar-refractivity contribution in [2.45, 2.75) is 52.6 Å². The Labute approximate surface area is 106 Å². The summed E-state index contributed by atoms with van der Waals surface area (Å²) in [5.41, 5.74) is 0. The second-order valence-electron chi connectivity index (χ2n) is 4.84. The summed E-state index contributed by atoms with van der Waals surface area (Å²) in [6, 6.07) is 0.887. The number of likely N-dealkylation sites (N-methyl/N-ethyl adjacent to an activating group) is 1. The highest BCUT2D eigenvalue weighted by Crippen LogP contribution is 2.01. The lowest BCUT2D eigenvalue weighted by Crippen LogP contribution is -2.45. The van der Waals surface area contributed by atoms with Gasteiger partial charge in [-0.25, -0.2) is 4.79 Å². The average Bonchev–Trinajstić information content (AvgIpc) is 2.35. The quantitative estimate of drug-likeness (QED) is 0.744. The fourth-order valence-corrected chi connectivity index (χ4v) is 1.47. The van der Waals surface area contributed by atoms with Crippen LogP contribution in [0.15, 0.2) is 0 Å². The molecule has 17 heavy (non-hydrogen) atoms. The minimum absolute atomic E-state index is 0.0249. The van der Waals surface area contributed by atoms with Crippen molar-refractivity contribution in [3.8, 4) is 0 Å². The third-order valence-corrected chi connectivity index (χ3v) is 3.66. The molecule has 0 rings (SSSR count). The van der Waals surface area contributed by atoms with E-state index in [2.05, 4.69) is 45.0 Å². The molecule has 0 aromatic heterocycles. The lowest BCUT2D eigenvalue weighted by Gasteiger charge is -2.26. The zero-order valence-electron chi connectivity index (χ0n) is 12.3. The van der Waals surface area contributed by atoms with E-state index in [4.69, 9.17) is 0 Å². The smallest absolute Gasteiger partial charge is 0.317 e. The molecule has 0 aliphatic rings. The molecular formula is C13H29N3O. The molecule has 0 aromatic rings. The Kier molecular flexibility index (Phi) is 7.96. The minimum atomic E-state index is 0.0249. The maximum Gasteiger partial charge on any atom is 0.317 e. The van der Waals surface area contributed by atoms with Crippen LogP contribution in [0, 0.1) is 0 Å². The molecule has 4 nitrogen and oxygen atoms in total. The van der Waals surface area contributed by atoms with Crippen LogP contribution in [-0.2, 0) is 0 Å². The first kappa shape index (κ1) is 16.2. The number of hydrogen-bond donors (Lipinski definition) is 1. The fourth-order valence-electron chi connectivity index (χ4n) is 1.47. The van der Waals surface area contributed by atoms with Crippen LogP contribution in [0.2, 0.25) is 0 Å². The van der Waals surface area contributed by atoms with Gasteiger partial charge in [-0.15, -0.1) is 0 Å². The summed E-state index contributed by atoms with van der Waals surface area (Å²) in [6.45, 7) is 10.1. The SMILES string of the molecule is CC[C@@H](C)N(C)CCNC(=O)N(C)[C@@H](C)CC. The summed E-state index contributed by atoms with van der Waals surface area (Å²) < 4.78 is 0. The number of nitrogens with zero attached hydrogens (tertiary/aromatic N) is 2. The van der Waals surface area contributed by atoms with Gasteiger partial charge in [-0.3, -0.25) is 0 Å². The lowest BCUT2D eigenvalue weighted by atomic mass is 10.2. The molecule has 0 aliphatic heterocycles. The van der Waals surface area contributed by atoms with Crippen LogP contribution in [0.4, 0.5) is 4.79 Å². The monoisotopic (exact) mass is 243 g/mol. The van der Waals surface area contributed by atoms with E-state index in [0.29, 0.717) is 18.6 Å². The molecule has 102 valence electrons. The number of carbonyl (C=O) groups excluding carboxylic acids is 1. The molecule has 0 aromatic carbocycles. The first-order valence-corrected chi connectivity index (χ1v) is 6.64. The molecule has 1 N–H and O–H groups in total. The second kappa shape index (κ2) is 8.34. The van der Waals surface area contributed by atoms with Crippen LogP contribution in [-0.4, -0.2) is 55.1 Å². The molecule has 0 saturated carbocycles. The Bertz CT molecular complexity index is 221. The highest BCUT2D eigenvalue weighted by atomic mass is 16.2. The number of amides is 2. The van der Waals surface area contributed by atoms with Crippen LogP contribution in [0.5, 0.6) is 0 Å². The van der Waals surface area contributed by atoms with E-state index in [9.17, 15) is 4.79 Å². The topological polar surface area (TPSA) is 35.6 Å². The van der Waals surface area contributed by atoms with Crippen LogP contribution in [0.1, 0.15) is 40.5 Å². The maximum atomic E-state index is 11.8. The number of urea groups is 1. The van der Waals surface area contributed by atoms with Crippen LogP contribution in [0.3, 0.4) is 0 Å². The number of nitrogens with one attached hydrogen (secondary N) is 1. The van der Waals surface area contributed by atoms with Crippen molar-refractivity contribution in [1.82, 2.24) is 15.1 Å².